The predicted octanol–water partition coefficient (Wildman–Crippen LogP) is 5.39. The van der Waals surface area contributed by atoms with Crippen molar-refractivity contribution in [2.75, 3.05) is 5.32 Å². The average molecular weight is 487 g/mol. The van der Waals surface area contributed by atoms with Crippen LogP contribution in [0.15, 0.2) is 84.3 Å². The van der Waals surface area contributed by atoms with E-state index in [1.807, 2.05) is 74.8 Å². The van der Waals surface area contributed by atoms with Gasteiger partial charge in [0.2, 0.25) is 5.69 Å². The summed E-state index contributed by atoms with van der Waals surface area (Å²) >= 11 is 0. The van der Waals surface area contributed by atoms with Crippen molar-refractivity contribution in [2.45, 2.75) is 13.0 Å². The van der Waals surface area contributed by atoms with Crippen LogP contribution in [0.5, 0.6) is 0 Å². The van der Waals surface area contributed by atoms with Gasteiger partial charge < -0.3 is 10.3 Å². The topological polar surface area (TPSA) is 97.8 Å². The molecule has 2 aromatic carbocycles. The Morgan fingerprint density at radius 2 is 1.92 bits per heavy atom. The van der Waals surface area contributed by atoms with Gasteiger partial charge in [-0.1, -0.05) is 36.4 Å². The molecule has 9 heteroatoms. The molecule has 180 valence electrons. The van der Waals surface area contributed by atoms with Crippen molar-refractivity contribution in [3.8, 4) is 16.8 Å². The summed E-state index contributed by atoms with van der Waals surface area (Å²) in [7, 11) is 1.86. The number of fused-ring (bicyclic) bond motifs is 2. The zero-order valence-corrected chi connectivity index (χ0v) is 20.2. The van der Waals surface area contributed by atoms with Crippen molar-refractivity contribution in [2.24, 2.45) is 7.05 Å². The van der Waals surface area contributed by atoms with Gasteiger partial charge in [0.15, 0.2) is 0 Å². The van der Waals surface area contributed by atoms with Crippen LogP contribution >= 0.6 is 0 Å². The molecule has 0 bridgehead atoms. The molecule has 2 N–H and O–H groups in total. The number of hydrogen-bond acceptors (Lipinski definition) is 5. The second kappa shape index (κ2) is 8.77. The second-order valence-corrected chi connectivity index (χ2v) is 8.82. The third kappa shape index (κ3) is 3.72. The number of aromatic nitrogens is 6. The van der Waals surface area contributed by atoms with Crippen LogP contribution in [0, 0.1) is 6.57 Å². The summed E-state index contributed by atoms with van der Waals surface area (Å²) in [6.07, 6.45) is 6.75. The van der Waals surface area contributed by atoms with Crippen molar-refractivity contribution in [3.05, 3.63) is 107 Å². The van der Waals surface area contributed by atoms with E-state index in [0.29, 0.717) is 27.9 Å². The highest BCUT2D eigenvalue weighted by Gasteiger charge is 2.21. The third-order valence-electron chi connectivity index (χ3n) is 6.47. The van der Waals surface area contributed by atoms with Gasteiger partial charge >= 0.3 is 0 Å². The van der Waals surface area contributed by atoms with Crippen molar-refractivity contribution in [1.82, 2.24) is 29.3 Å². The molecule has 0 aliphatic heterocycles. The van der Waals surface area contributed by atoms with Gasteiger partial charge in [0.1, 0.15) is 17.8 Å². The SMILES string of the molecule is [C-]#[N+]c1c[nH]c2ncnc(N[C@@H](C)c3cc4cccc(-c5cnn(C)c5)c4c(=O)n3-c3ccccc3)c12. The summed E-state index contributed by atoms with van der Waals surface area (Å²) < 4.78 is 3.47. The van der Waals surface area contributed by atoms with Gasteiger partial charge in [-0.2, -0.15) is 5.10 Å². The number of aromatic amines is 1. The first-order valence-corrected chi connectivity index (χ1v) is 11.7. The minimum Gasteiger partial charge on any atom is -0.362 e. The van der Waals surface area contributed by atoms with E-state index in [0.717, 1.165) is 27.9 Å². The number of H-pyrrole nitrogens is 1. The molecule has 6 aromatic rings. The van der Waals surface area contributed by atoms with Crippen LogP contribution in [0.25, 0.3) is 43.5 Å². The lowest BCUT2D eigenvalue weighted by Crippen LogP contribution is -2.26. The van der Waals surface area contributed by atoms with E-state index in [-0.39, 0.29) is 11.6 Å². The fraction of sp³-hybridized carbons (Fsp3) is 0.107. The van der Waals surface area contributed by atoms with Crippen LogP contribution in [-0.4, -0.2) is 29.3 Å². The molecular weight excluding hydrogens is 464 g/mol. The summed E-state index contributed by atoms with van der Waals surface area (Å²) in [4.78, 5) is 29.5. The number of para-hydroxylation sites is 1. The Bertz CT molecular complexity index is 1870. The van der Waals surface area contributed by atoms with Gasteiger partial charge in [0.05, 0.1) is 29.6 Å². The number of anilines is 1. The van der Waals surface area contributed by atoms with Crippen LogP contribution in [0.2, 0.25) is 0 Å². The summed E-state index contributed by atoms with van der Waals surface area (Å²) in [6.45, 7) is 9.49. The molecule has 0 aliphatic carbocycles. The van der Waals surface area contributed by atoms with Crippen LogP contribution in [0.3, 0.4) is 0 Å². The van der Waals surface area contributed by atoms with E-state index >= 15 is 0 Å². The molecule has 0 radical (unpaired) electrons. The van der Waals surface area contributed by atoms with Crippen molar-refractivity contribution >= 4 is 33.3 Å². The van der Waals surface area contributed by atoms with E-state index in [4.69, 9.17) is 6.57 Å². The van der Waals surface area contributed by atoms with Crippen LogP contribution < -0.4 is 10.9 Å². The van der Waals surface area contributed by atoms with Gasteiger partial charge in [-0.3, -0.25) is 14.0 Å². The van der Waals surface area contributed by atoms with Crippen molar-refractivity contribution in [1.29, 1.82) is 0 Å². The molecule has 0 fully saturated rings. The molecule has 0 saturated carbocycles. The van der Waals surface area contributed by atoms with Crippen LogP contribution in [0.1, 0.15) is 18.7 Å². The second-order valence-electron chi connectivity index (χ2n) is 8.82. The van der Waals surface area contributed by atoms with Crippen LogP contribution in [-0.2, 0) is 7.05 Å². The Labute approximate surface area is 211 Å². The van der Waals surface area contributed by atoms with Gasteiger partial charge in [0, 0.05) is 36.4 Å². The minimum atomic E-state index is -0.328. The smallest absolute Gasteiger partial charge is 0.263 e. The molecule has 9 nitrogen and oxygen atoms in total. The zero-order chi connectivity index (χ0) is 25.5. The Hall–Kier alpha value is -5.23. The fourth-order valence-corrected chi connectivity index (χ4v) is 4.77. The minimum absolute atomic E-state index is 0.122. The maximum absolute atomic E-state index is 14.2. The number of pyridine rings is 1. The maximum atomic E-state index is 14.2. The molecule has 4 heterocycles. The summed E-state index contributed by atoms with van der Waals surface area (Å²) in [5.41, 5.74) is 4.13. The lowest BCUT2D eigenvalue weighted by molar-refractivity contribution is 0.768. The molecule has 0 saturated heterocycles. The van der Waals surface area contributed by atoms with Gasteiger partial charge in [-0.05, 0) is 36.1 Å². The lowest BCUT2D eigenvalue weighted by atomic mass is 9.99. The molecule has 0 spiro atoms. The Morgan fingerprint density at radius 3 is 2.68 bits per heavy atom. The first-order valence-electron chi connectivity index (χ1n) is 11.7. The lowest BCUT2D eigenvalue weighted by Gasteiger charge is -2.22. The average Bonchev–Trinajstić information content (AvgIpc) is 3.55. The van der Waals surface area contributed by atoms with Crippen LogP contribution in [0.4, 0.5) is 11.5 Å². The number of nitrogens with one attached hydrogen (secondary N) is 2. The number of rotatable bonds is 5. The fourth-order valence-electron chi connectivity index (χ4n) is 4.77. The number of benzene rings is 2. The summed E-state index contributed by atoms with van der Waals surface area (Å²) in [5.74, 6) is 0.529. The quantitative estimate of drug-likeness (QED) is 0.319. The summed E-state index contributed by atoms with van der Waals surface area (Å²) in [6, 6.07) is 17.2. The number of hydrogen-bond donors (Lipinski definition) is 2. The van der Waals surface area contributed by atoms with E-state index in [1.165, 1.54) is 6.33 Å². The predicted molar refractivity (Wildman–Crippen MR) is 144 cm³/mol. The Balaban J connectivity index is 1.57. The highest BCUT2D eigenvalue weighted by molar-refractivity contribution is 5.99. The zero-order valence-electron chi connectivity index (χ0n) is 20.2. The molecule has 1 atom stereocenters. The Morgan fingerprint density at radius 1 is 1.08 bits per heavy atom. The van der Waals surface area contributed by atoms with Gasteiger partial charge in [-0.15, -0.1) is 0 Å². The molecule has 4 aromatic heterocycles. The highest BCUT2D eigenvalue weighted by Crippen LogP contribution is 2.33. The monoisotopic (exact) mass is 486 g/mol. The van der Waals surface area contributed by atoms with E-state index in [9.17, 15) is 4.79 Å². The number of aryl methyl sites for hydroxylation is 1. The highest BCUT2D eigenvalue weighted by atomic mass is 16.1. The Kier molecular flexibility index (Phi) is 5.27. The first kappa shape index (κ1) is 22.2. The molecule has 37 heavy (non-hydrogen) atoms. The van der Waals surface area contributed by atoms with Gasteiger partial charge in [0.25, 0.3) is 5.56 Å². The molecule has 6 rings (SSSR count). The van der Waals surface area contributed by atoms with Crippen molar-refractivity contribution < 1.29 is 0 Å². The molecule has 0 unspecified atom stereocenters. The maximum Gasteiger partial charge on any atom is 0.263 e. The first-order chi connectivity index (χ1) is 18.0. The van der Waals surface area contributed by atoms with Gasteiger partial charge in [-0.25, -0.2) is 14.8 Å². The standard InChI is InChI=1S/C28H22N8O/c1-17(34-27-25-22(29-2)14-30-26(25)31-16-32-27)23-12-18-8-7-11-21(19-13-33-35(3)15-19)24(18)28(37)36(23)20-9-5-4-6-10-20/h4-17H,1,3H3,(H2,30,31,32,34)/t17-/m0/s1. The largest absolute Gasteiger partial charge is 0.362 e. The molecular formula is C28H22N8O. The van der Waals surface area contributed by atoms with E-state index < -0.39 is 0 Å². The molecule has 0 amide bonds. The van der Waals surface area contributed by atoms with E-state index in [1.54, 1.807) is 21.6 Å². The molecule has 0 aliphatic rings. The van der Waals surface area contributed by atoms with Crippen molar-refractivity contribution in [3.63, 3.8) is 0 Å². The summed E-state index contributed by atoms with van der Waals surface area (Å²) in [5, 5.41) is 9.81. The third-order valence-corrected chi connectivity index (χ3v) is 6.47. The number of nitrogens with zero attached hydrogens (tertiary/aromatic N) is 6. The normalized spacial score (nSPS) is 12.0. The van der Waals surface area contributed by atoms with E-state index in [2.05, 4.69) is 30.2 Å².